The molecule has 8 heteroatoms. The van der Waals surface area contributed by atoms with Crippen LogP contribution in [0, 0.1) is 29.6 Å². The maximum atomic E-state index is 14.7. The van der Waals surface area contributed by atoms with Gasteiger partial charge in [0.05, 0.1) is 17.2 Å². The molecule has 1 N–H and O–H groups in total. The number of allylic oxidation sites excluding steroid dienone is 3. The molecule has 0 saturated heterocycles. The fourth-order valence-corrected chi connectivity index (χ4v) is 6.71. The molecule has 4 saturated carbocycles. The number of rotatable bonds is 4. The summed E-state index contributed by atoms with van der Waals surface area (Å²) in [5, 5.41) is 2.24. The van der Waals surface area contributed by atoms with Crippen LogP contribution in [0.1, 0.15) is 32.1 Å². The van der Waals surface area contributed by atoms with E-state index in [1.165, 1.54) is 39.2 Å². The van der Waals surface area contributed by atoms with Gasteiger partial charge >= 0.3 is 0 Å². The highest BCUT2D eigenvalue weighted by Gasteiger charge is 2.48. The highest BCUT2D eigenvalue weighted by atomic mass is 35.5. The summed E-state index contributed by atoms with van der Waals surface area (Å²) in [6.07, 6.45) is 5.28. The molecule has 1 unspecified atom stereocenters. The average molecular weight is 416 g/mol. The highest BCUT2D eigenvalue weighted by molar-refractivity contribution is 7.73. The Balaban J connectivity index is 1.57. The zero-order valence-electron chi connectivity index (χ0n) is 15.1. The average Bonchev–Trinajstić information content (AvgIpc) is 2.61. The van der Waals surface area contributed by atoms with Gasteiger partial charge in [0, 0.05) is 7.05 Å². The van der Waals surface area contributed by atoms with E-state index >= 15 is 0 Å². The maximum Gasteiger partial charge on any atom is 0.250 e. The van der Waals surface area contributed by atoms with Crippen molar-refractivity contribution in [3.63, 3.8) is 0 Å². The third kappa shape index (κ3) is 3.33. The van der Waals surface area contributed by atoms with Crippen molar-refractivity contribution in [3.8, 4) is 0 Å². The first kappa shape index (κ1) is 19.0. The third-order valence-corrected chi connectivity index (χ3v) is 7.77. The largest absolute Gasteiger partial charge is 0.490 e. The van der Waals surface area contributed by atoms with Crippen LogP contribution in [0.25, 0.3) is 0 Å². The highest BCUT2D eigenvalue weighted by Crippen LogP contribution is 2.56. The summed E-state index contributed by atoms with van der Waals surface area (Å²) in [4.78, 5) is 11.2. The van der Waals surface area contributed by atoms with Gasteiger partial charge in [0.1, 0.15) is 0 Å². The molecular weight excluding hydrogens is 393 g/mol. The molecule has 5 aliphatic rings. The van der Waals surface area contributed by atoms with Crippen molar-refractivity contribution in [2.45, 2.75) is 38.3 Å². The minimum atomic E-state index is -2.88. The third-order valence-electron chi connectivity index (χ3n) is 6.74. The molecule has 27 heavy (non-hydrogen) atoms. The van der Waals surface area contributed by atoms with Crippen molar-refractivity contribution >= 4 is 32.7 Å². The van der Waals surface area contributed by atoms with Crippen molar-refractivity contribution in [2.75, 3.05) is 13.7 Å². The molecule has 148 valence electrons. The molecule has 5 aliphatic carbocycles. The molecule has 0 aromatic carbocycles. The molecule has 0 heterocycles. The molecule has 4 bridgehead atoms. The van der Waals surface area contributed by atoms with Crippen LogP contribution >= 0.6 is 11.6 Å². The monoisotopic (exact) mass is 415 g/mol. The number of carbonyl (C=O) groups excluding carboxylic acids is 1. The SMILES string of the molecule is CNC(=O)C1=CC(Cl)=C(OCC2C3CC4CC(C3)CC2C4)C(=S(=O)=O)C1F. The van der Waals surface area contributed by atoms with E-state index in [1.807, 2.05) is 0 Å². The predicted molar refractivity (Wildman–Crippen MR) is 100 cm³/mol. The molecule has 4 fully saturated rings. The minimum absolute atomic E-state index is 0.0504. The van der Waals surface area contributed by atoms with Crippen LogP contribution in [0.4, 0.5) is 4.39 Å². The molecule has 5 rings (SSSR count). The Hall–Kier alpha value is -1.34. The number of nitrogens with one attached hydrogen (secondary N) is 1. The van der Waals surface area contributed by atoms with Crippen LogP contribution in [0.2, 0.25) is 0 Å². The van der Waals surface area contributed by atoms with E-state index in [9.17, 15) is 17.6 Å². The number of hydrogen-bond acceptors (Lipinski definition) is 4. The van der Waals surface area contributed by atoms with Gasteiger partial charge in [-0.05, 0) is 67.8 Å². The van der Waals surface area contributed by atoms with Crippen molar-refractivity contribution < 1.29 is 22.3 Å². The smallest absolute Gasteiger partial charge is 0.250 e. The Labute approximate surface area is 164 Å². The lowest BCUT2D eigenvalue weighted by Crippen LogP contribution is -2.46. The summed E-state index contributed by atoms with van der Waals surface area (Å²) in [6, 6.07) is 0. The summed E-state index contributed by atoms with van der Waals surface area (Å²) in [6.45, 7) is 0.344. The first-order chi connectivity index (χ1) is 12.9. The first-order valence-electron chi connectivity index (χ1n) is 9.45. The van der Waals surface area contributed by atoms with E-state index in [4.69, 9.17) is 16.3 Å². The van der Waals surface area contributed by atoms with Crippen LogP contribution in [0.5, 0.6) is 0 Å². The van der Waals surface area contributed by atoms with Crippen LogP contribution in [-0.2, 0) is 19.8 Å². The lowest BCUT2D eigenvalue weighted by atomic mass is 9.52. The molecule has 0 aliphatic heterocycles. The van der Waals surface area contributed by atoms with Crippen molar-refractivity contribution in [2.24, 2.45) is 29.6 Å². The Bertz CT molecular complexity index is 827. The van der Waals surface area contributed by atoms with Crippen molar-refractivity contribution in [1.29, 1.82) is 0 Å². The zero-order valence-corrected chi connectivity index (χ0v) is 16.7. The van der Waals surface area contributed by atoms with Gasteiger partial charge < -0.3 is 10.1 Å². The lowest BCUT2D eigenvalue weighted by molar-refractivity contribution is -0.117. The number of amides is 1. The second-order valence-corrected chi connectivity index (χ2v) is 9.54. The maximum absolute atomic E-state index is 14.7. The van der Waals surface area contributed by atoms with Gasteiger partial charge in [-0.2, -0.15) is 8.42 Å². The van der Waals surface area contributed by atoms with E-state index < -0.39 is 27.2 Å². The van der Waals surface area contributed by atoms with Crippen LogP contribution < -0.4 is 5.32 Å². The molecule has 0 aromatic rings. The van der Waals surface area contributed by atoms with Gasteiger partial charge in [0.25, 0.3) is 0 Å². The number of ether oxygens (including phenoxy) is 1. The standard InChI is InChI=1S/C19H23ClFNO4S/c1-22-19(23)13-7-15(20)17(18(16(13)21)27(24)25)26-8-14-11-3-9-2-10(5-11)6-12(14)4-9/h7,9-12,14,16H,2-6,8H2,1H3,(H,22,23). The summed E-state index contributed by atoms with van der Waals surface area (Å²) < 4.78 is 43.9. The first-order valence-corrected chi connectivity index (χ1v) is 10.9. The molecule has 0 radical (unpaired) electrons. The van der Waals surface area contributed by atoms with E-state index in [-0.39, 0.29) is 16.4 Å². The second kappa shape index (κ2) is 7.24. The lowest BCUT2D eigenvalue weighted by Gasteiger charge is -2.54. The van der Waals surface area contributed by atoms with Crippen LogP contribution in [0.3, 0.4) is 0 Å². The number of hydrogen-bond donors (Lipinski definition) is 1. The Kier molecular flexibility index (Phi) is 5.10. The molecule has 0 aromatic heterocycles. The number of likely N-dealkylation sites (N-methyl/N-ethyl adjacent to an activating group) is 1. The number of halogens is 2. The Morgan fingerprint density at radius 1 is 1.22 bits per heavy atom. The normalized spacial score (nSPS) is 37.3. The Morgan fingerprint density at radius 2 is 1.81 bits per heavy atom. The summed E-state index contributed by atoms with van der Waals surface area (Å²) >= 11 is 6.19. The van der Waals surface area contributed by atoms with Crippen molar-refractivity contribution in [3.05, 3.63) is 22.4 Å². The zero-order chi connectivity index (χ0) is 19.3. The minimum Gasteiger partial charge on any atom is -0.490 e. The van der Waals surface area contributed by atoms with E-state index in [0.29, 0.717) is 24.4 Å². The van der Waals surface area contributed by atoms with E-state index in [2.05, 4.69) is 5.32 Å². The fraction of sp³-hybridized carbons (Fsp3) is 0.684. The van der Waals surface area contributed by atoms with Gasteiger partial charge in [-0.25, -0.2) is 4.39 Å². The topological polar surface area (TPSA) is 72.5 Å². The van der Waals surface area contributed by atoms with Crippen LogP contribution in [-0.4, -0.2) is 39.0 Å². The van der Waals surface area contributed by atoms with E-state index in [0.717, 1.165) is 17.9 Å². The van der Waals surface area contributed by atoms with Gasteiger partial charge in [0.15, 0.2) is 16.8 Å². The Morgan fingerprint density at radius 3 is 2.33 bits per heavy atom. The fourth-order valence-electron chi connectivity index (χ4n) is 5.76. The van der Waals surface area contributed by atoms with Gasteiger partial charge in [-0.1, -0.05) is 11.6 Å². The van der Waals surface area contributed by atoms with Crippen LogP contribution in [0.15, 0.2) is 22.4 Å². The molecular formula is C19H23ClFNO4S. The molecule has 1 amide bonds. The van der Waals surface area contributed by atoms with Gasteiger partial charge in [-0.3, -0.25) is 4.79 Å². The van der Waals surface area contributed by atoms with E-state index in [1.54, 1.807) is 0 Å². The quantitative estimate of drug-likeness (QED) is 0.716. The number of carbonyl (C=O) groups is 1. The summed E-state index contributed by atoms with van der Waals surface area (Å²) in [7, 11) is -1.53. The van der Waals surface area contributed by atoms with Crippen molar-refractivity contribution in [1.82, 2.24) is 5.32 Å². The summed E-state index contributed by atoms with van der Waals surface area (Å²) in [5.74, 6) is 2.35. The second-order valence-electron chi connectivity index (χ2n) is 8.22. The predicted octanol–water partition coefficient (Wildman–Crippen LogP) is 2.60. The summed E-state index contributed by atoms with van der Waals surface area (Å²) in [5.41, 5.74) is -0.330. The molecule has 1 atom stereocenters. The molecule has 0 spiro atoms. The molecule has 5 nitrogen and oxygen atoms in total. The number of alkyl halides is 1. The van der Waals surface area contributed by atoms with Gasteiger partial charge in [0.2, 0.25) is 16.2 Å². The van der Waals surface area contributed by atoms with Gasteiger partial charge in [-0.15, -0.1) is 0 Å².